The van der Waals surface area contributed by atoms with Gasteiger partial charge in [0.25, 0.3) is 0 Å². The molecular weight excluding hydrogens is 508 g/mol. The summed E-state index contributed by atoms with van der Waals surface area (Å²) in [5.41, 5.74) is 1.22. The Morgan fingerprint density at radius 3 is 2.08 bits per heavy atom. The third kappa shape index (κ3) is 8.42. The van der Waals surface area contributed by atoms with Crippen molar-refractivity contribution < 1.29 is 47.5 Å². The summed E-state index contributed by atoms with van der Waals surface area (Å²) in [7, 11) is 1.57. The number of carbonyl (C=O) groups excluding carboxylic acids is 3. The minimum atomic E-state index is -0.785. The van der Waals surface area contributed by atoms with Gasteiger partial charge in [0.15, 0.2) is 11.5 Å². The van der Waals surface area contributed by atoms with Gasteiger partial charge >= 0.3 is 18.1 Å². The summed E-state index contributed by atoms with van der Waals surface area (Å²) in [6.45, 7) is 11.3. The van der Waals surface area contributed by atoms with E-state index < -0.39 is 23.5 Å². The van der Waals surface area contributed by atoms with Crippen LogP contribution < -0.4 is 14.2 Å². The summed E-state index contributed by atoms with van der Waals surface area (Å²) in [6.07, 6.45) is -0.761. The second-order valence-corrected chi connectivity index (χ2v) is 9.19. The van der Waals surface area contributed by atoms with E-state index >= 15 is 0 Å². The molecular formula is C29H32O10. The van der Waals surface area contributed by atoms with Crippen LogP contribution in [0.4, 0.5) is 4.79 Å². The minimum absolute atomic E-state index is 0.0279. The molecule has 0 atom stereocenters. The Morgan fingerprint density at radius 1 is 0.846 bits per heavy atom. The maximum atomic E-state index is 12.4. The zero-order valence-electron chi connectivity index (χ0n) is 22.3. The number of methoxy groups -OCH3 is 1. The van der Waals surface area contributed by atoms with Crippen molar-refractivity contribution in [2.75, 3.05) is 46.8 Å². The Morgan fingerprint density at radius 2 is 1.46 bits per heavy atom. The standard InChI is InChI=1S/C29H32O10/c1-19(2)26(30)38-23-9-6-21(7-10-23)22-8-11-24(25(14-22)39-27(31)20(3)4)35-16-29(15-34-13-12-33-5)17-36-28(32)37-18-29/h6-11,14H,1,3,12-13,15-18H2,2,4-5H3. The fraction of sp³-hybridized carbons (Fsp3) is 0.345. The van der Waals surface area contributed by atoms with Crippen molar-refractivity contribution in [2.24, 2.45) is 5.41 Å². The maximum Gasteiger partial charge on any atom is 0.508 e. The SMILES string of the molecule is C=C(C)C(=O)Oc1ccc(-c2ccc(OCC3(COCCOC)COC(=O)OC3)c(OC(=O)C(=C)C)c2)cc1. The van der Waals surface area contributed by atoms with E-state index in [0.717, 1.165) is 11.1 Å². The zero-order valence-corrected chi connectivity index (χ0v) is 22.3. The molecule has 1 fully saturated rings. The summed E-state index contributed by atoms with van der Waals surface area (Å²) >= 11 is 0. The molecule has 2 aromatic rings. The van der Waals surface area contributed by atoms with Crippen LogP contribution in [-0.4, -0.2) is 64.8 Å². The van der Waals surface area contributed by atoms with Crippen LogP contribution >= 0.6 is 0 Å². The molecule has 3 rings (SSSR count). The van der Waals surface area contributed by atoms with Crippen LogP contribution in [0.3, 0.4) is 0 Å². The molecule has 208 valence electrons. The van der Waals surface area contributed by atoms with Gasteiger partial charge in [0.1, 0.15) is 25.6 Å². The van der Waals surface area contributed by atoms with E-state index in [-0.39, 0.29) is 43.5 Å². The van der Waals surface area contributed by atoms with Crippen molar-refractivity contribution in [2.45, 2.75) is 13.8 Å². The van der Waals surface area contributed by atoms with E-state index in [1.807, 2.05) is 0 Å². The lowest BCUT2D eigenvalue weighted by molar-refractivity contribution is -0.131. The number of hydrogen-bond acceptors (Lipinski definition) is 10. The summed E-state index contributed by atoms with van der Waals surface area (Å²) < 4.78 is 37.8. The van der Waals surface area contributed by atoms with Crippen LogP contribution in [0, 0.1) is 5.41 Å². The summed E-state index contributed by atoms with van der Waals surface area (Å²) in [5.74, 6) is -0.310. The first kappa shape index (κ1) is 29.4. The topological polar surface area (TPSA) is 116 Å². The molecule has 1 heterocycles. The Labute approximate surface area is 227 Å². The highest BCUT2D eigenvalue weighted by Gasteiger charge is 2.39. The zero-order chi connectivity index (χ0) is 28.4. The second kappa shape index (κ2) is 13.6. The first-order chi connectivity index (χ1) is 18.6. The number of esters is 2. The van der Waals surface area contributed by atoms with Crippen molar-refractivity contribution >= 4 is 18.1 Å². The first-order valence-corrected chi connectivity index (χ1v) is 12.1. The fourth-order valence-electron chi connectivity index (χ4n) is 3.36. The molecule has 0 aromatic heterocycles. The minimum Gasteiger partial charge on any atom is -0.489 e. The van der Waals surface area contributed by atoms with Crippen LogP contribution in [0.1, 0.15) is 13.8 Å². The van der Waals surface area contributed by atoms with Gasteiger partial charge in [0, 0.05) is 18.3 Å². The van der Waals surface area contributed by atoms with Gasteiger partial charge < -0.3 is 33.2 Å². The summed E-state index contributed by atoms with van der Waals surface area (Å²) in [6, 6.07) is 11.9. The van der Waals surface area contributed by atoms with E-state index in [1.54, 1.807) is 56.5 Å². The lowest BCUT2D eigenvalue weighted by Crippen LogP contribution is -2.47. The van der Waals surface area contributed by atoms with Gasteiger partial charge in [-0.15, -0.1) is 0 Å². The van der Waals surface area contributed by atoms with Crippen molar-refractivity contribution in [1.29, 1.82) is 0 Å². The monoisotopic (exact) mass is 540 g/mol. The Kier molecular flexibility index (Phi) is 10.2. The lowest BCUT2D eigenvalue weighted by Gasteiger charge is -2.35. The van der Waals surface area contributed by atoms with Gasteiger partial charge in [-0.05, 0) is 49.2 Å². The largest absolute Gasteiger partial charge is 0.508 e. The lowest BCUT2D eigenvalue weighted by atomic mass is 9.91. The Balaban J connectivity index is 1.82. The molecule has 10 heteroatoms. The highest BCUT2D eigenvalue weighted by Crippen LogP contribution is 2.35. The fourth-order valence-corrected chi connectivity index (χ4v) is 3.36. The third-order valence-electron chi connectivity index (χ3n) is 5.61. The maximum absolute atomic E-state index is 12.4. The van der Waals surface area contributed by atoms with Crippen molar-refractivity contribution in [1.82, 2.24) is 0 Å². The smallest absolute Gasteiger partial charge is 0.489 e. The summed E-state index contributed by atoms with van der Waals surface area (Å²) in [5, 5.41) is 0. The molecule has 0 N–H and O–H groups in total. The van der Waals surface area contributed by atoms with Crippen molar-refractivity contribution in [3.63, 3.8) is 0 Å². The average molecular weight is 541 g/mol. The van der Waals surface area contributed by atoms with Crippen LogP contribution in [0.2, 0.25) is 0 Å². The van der Waals surface area contributed by atoms with Crippen LogP contribution in [0.5, 0.6) is 17.2 Å². The van der Waals surface area contributed by atoms with E-state index in [9.17, 15) is 14.4 Å². The number of rotatable bonds is 13. The molecule has 39 heavy (non-hydrogen) atoms. The van der Waals surface area contributed by atoms with Crippen molar-refractivity contribution in [3.8, 4) is 28.4 Å². The number of ether oxygens (including phenoxy) is 7. The van der Waals surface area contributed by atoms with Gasteiger partial charge in [0.05, 0.1) is 25.2 Å². The molecule has 2 aromatic carbocycles. The molecule has 0 radical (unpaired) electrons. The molecule has 1 aliphatic rings. The molecule has 0 saturated carbocycles. The van der Waals surface area contributed by atoms with E-state index in [0.29, 0.717) is 24.5 Å². The Hall–Kier alpha value is -4.15. The van der Waals surface area contributed by atoms with Crippen LogP contribution in [0.25, 0.3) is 11.1 Å². The van der Waals surface area contributed by atoms with Crippen LogP contribution in [0.15, 0.2) is 66.8 Å². The Bertz CT molecular complexity index is 1210. The average Bonchev–Trinajstić information content (AvgIpc) is 2.92. The molecule has 1 aliphatic heterocycles. The summed E-state index contributed by atoms with van der Waals surface area (Å²) in [4.78, 5) is 35.6. The van der Waals surface area contributed by atoms with Gasteiger partial charge in [-0.2, -0.15) is 0 Å². The molecule has 10 nitrogen and oxygen atoms in total. The normalized spacial score (nSPS) is 14.0. The predicted octanol–water partition coefficient (Wildman–Crippen LogP) is 4.51. The highest BCUT2D eigenvalue weighted by molar-refractivity contribution is 5.90. The van der Waals surface area contributed by atoms with Gasteiger partial charge in [-0.25, -0.2) is 14.4 Å². The predicted molar refractivity (Wildman–Crippen MR) is 141 cm³/mol. The quantitative estimate of drug-likeness (QED) is 0.155. The molecule has 0 spiro atoms. The van der Waals surface area contributed by atoms with Crippen LogP contribution in [-0.2, 0) is 28.5 Å². The van der Waals surface area contributed by atoms with Gasteiger partial charge in [0.2, 0.25) is 0 Å². The number of hydrogen-bond donors (Lipinski definition) is 0. The molecule has 0 aliphatic carbocycles. The molecule has 0 amide bonds. The number of cyclic esters (lactones) is 2. The first-order valence-electron chi connectivity index (χ1n) is 12.1. The van der Waals surface area contributed by atoms with Gasteiger partial charge in [-0.1, -0.05) is 31.4 Å². The van der Waals surface area contributed by atoms with Gasteiger partial charge in [-0.3, -0.25) is 0 Å². The van der Waals surface area contributed by atoms with E-state index in [4.69, 9.17) is 33.2 Å². The molecule has 0 unspecified atom stereocenters. The molecule has 1 saturated heterocycles. The highest BCUT2D eigenvalue weighted by atomic mass is 16.7. The van der Waals surface area contributed by atoms with E-state index in [2.05, 4.69) is 13.2 Å². The number of benzene rings is 2. The second-order valence-electron chi connectivity index (χ2n) is 9.19. The van der Waals surface area contributed by atoms with E-state index in [1.165, 1.54) is 6.92 Å². The third-order valence-corrected chi connectivity index (χ3v) is 5.61. The van der Waals surface area contributed by atoms with Crippen molar-refractivity contribution in [3.05, 3.63) is 66.8 Å². The molecule has 0 bridgehead atoms. The number of carbonyl (C=O) groups is 3.